The van der Waals surface area contributed by atoms with Gasteiger partial charge in [-0.05, 0) is 32.8 Å². The number of pyridine rings is 1. The molecule has 3 rings (SSSR count). The van der Waals surface area contributed by atoms with Gasteiger partial charge >= 0.3 is 0 Å². The van der Waals surface area contributed by atoms with Crippen molar-refractivity contribution in [3.8, 4) is 0 Å². The van der Waals surface area contributed by atoms with Crippen molar-refractivity contribution >= 4 is 29.2 Å². The van der Waals surface area contributed by atoms with Crippen molar-refractivity contribution in [2.24, 2.45) is 5.92 Å². The Bertz CT molecular complexity index is 1010. The van der Waals surface area contributed by atoms with Gasteiger partial charge in [0.1, 0.15) is 0 Å². The molecule has 1 aliphatic heterocycles. The Morgan fingerprint density at radius 3 is 2.29 bits per heavy atom. The molecule has 1 N–H and O–H groups in total. The van der Waals surface area contributed by atoms with Crippen LogP contribution in [0.5, 0.6) is 0 Å². The molecule has 31 heavy (non-hydrogen) atoms. The Labute approximate surface area is 186 Å². The molecule has 0 radical (unpaired) electrons. The van der Waals surface area contributed by atoms with Gasteiger partial charge in [0.15, 0.2) is 11.8 Å². The zero-order chi connectivity index (χ0) is 22.5. The van der Waals surface area contributed by atoms with Crippen LogP contribution in [0.15, 0.2) is 53.5 Å². The van der Waals surface area contributed by atoms with Gasteiger partial charge in [-0.2, -0.15) is 0 Å². The fraction of sp³-hybridized carbons (Fsp3) is 0.391. The number of likely N-dealkylation sites (tertiary alicyclic amines) is 1. The van der Waals surface area contributed by atoms with Gasteiger partial charge in [0.2, 0.25) is 5.91 Å². The van der Waals surface area contributed by atoms with Crippen LogP contribution < -0.4 is 10.9 Å². The van der Waals surface area contributed by atoms with E-state index in [4.69, 9.17) is 11.6 Å². The lowest BCUT2D eigenvalue weighted by atomic mass is 9.94. The molecule has 0 aliphatic carbocycles. The highest BCUT2D eigenvalue weighted by Gasteiger charge is 2.36. The van der Waals surface area contributed by atoms with Gasteiger partial charge in [0, 0.05) is 42.9 Å². The van der Waals surface area contributed by atoms with E-state index in [1.165, 1.54) is 18.3 Å². The van der Waals surface area contributed by atoms with Crippen LogP contribution in [0.4, 0.5) is 0 Å². The molecule has 8 heteroatoms. The van der Waals surface area contributed by atoms with Gasteiger partial charge in [0.05, 0.1) is 5.02 Å². The molecule has 164 valence electrons. The summed E-state index contributed by atoms with van der Waals surface area (Å²) in [7, 11) is 0. The van der Waals surface area contributed by atoms with Gasteiger partial charge in [-0.25, -0.2) is 0 Å². The lowest BCUT2D eigenvalue weighted by Gasteiger charge is -2.34. The number of carbonyl (C=O) groups excluding carboxylic acids is 3. The van der Waals surface area contributed by atoms with Crippen LogP contribution in [-0.2, 0) is 9.59 Å². The molecule has 1 saturated heterocycles. The van der Waals surface area contributed by atoms with E-state index in [2.05, 4.69) is 5.32 Å². The van der Waals surface area contributed by atoms with E-state index in [-0.39, 0.29) is 22.9 Å². The Morgan fingerprint density at radius 2 is 1.68 bits per heavy atom. The van der Waals surface area contributed by atoms with Crippen molar-refractivity contribution in [3.05, 3.63) is 69.6 Å². The van der Waals surface area contributed by atoms with E-state index in [1.807, 2.05) is 13.8 Å². The van der Waals surface area contributed by atoms with E-state index in [0.29, 0.717) is 31.5 Å². The van der Waals surface area contributed by atoms with Crippen molar-refractivity contribution in [1.29, 1.82) is 0 Å². The summed E-state index contributed by atoms with van der Waals surface area (Å²) < 4.78 is 1.09. The summed E-state index contributed by atoms with van der Waals surface area (Å²) in [6, 6.07) is 9.76. The zero-order valence-electron chi connectivity index (χ0n) is 17.6. The number of ketones is 1. The summed E-state index contributed by atoms with van der Waals surface area (Å²) in [5, 5.41) is 3.15. The smallest absolute Gasteiger partial charge is 0.253 e. The number of benzene rings is 1. The van der Waals surface area contributed by atoms with E-state index < -0.39 is 23.3 Å². The van der Waals surface area contributed by atoms with Crippen molar-refractivity contribution < 1.29 is 14.4 Å². The number of hydrogen-bond acceptors (Lipinski definition) is 4. The quantitative estimate of drug-likeness (QED) is 0.549. The number of rotatable bonds is 6. The molecule has 0 saturated carbocycles. The number of halogens is 1. The summed E-state index contributed by atoms with van der Waals surface area (Å²) >= 11 is 6.06. The number of amides is 2. The molecule has 2 heterocycles. The number of Topliss-reactive ketones (excluding diaryl/α,β-unsaturated/α-hetero) is 1. The maximum atomic E-state index is 13.4. The fourth-order valence-electron chi connectivity index (χ4n) is 3.73. The van der Waals surface area contributed by atoms with Gasteiger partial charge in [-0.1, -0.05) is 41.9 Å². The van der Waals surface area contributed by atoms with Crippen LogP contribution in [0.2, 0.25) is 5.02 Å². The minimum absolute atomic E-state index is 0.0231. The van der Waals surface area contributed by atoms with Crippen LogP contribution in [0.3, 0.4) is 0 Å². The first-order valence-corrected chi connectivity index (χ1v) is 10.7. The molecular formula is C23H26ClN3O4. The Balaban J connectivity index is 1.86. The van der Waals surface area contributed by atoms with Crippen LogP contribution in [0.25, 0.3) is 0 Å². The third-order valence-electron chi connectivity index (χ3n) is 5.33. The number of nitrogens with one attached hydrogen (secondary N) is 1. The largest absolute Gasteiger partial charge is 0.354 e. The molecule has 1 aromatic carbocycles. The summed E-state index contributed by atoms with van der Waals surface area (Å²) in [4.78, 5) is 53.1. The van der Waals surface area contributed by atoms with Gasteiger partial charge in [-0.15, -0.1) is 0 Å². The van der Waals surface area contributed by atoms with E-state index in [9.17, 15) is 19.2 Å². The van der Waals surface area contributed by atoms with Crippen LogP contribution in [0.1, 0.15) is 43.1 Å². The molecule has 0 bridgehead atoms. The van der Waals surface area contributed by atoms with Gasteiger partial charge in [-0.3, -0.25) is 23.7 Å². The summed E-state index contributed by atoms with van der Waals surface area (Å²) in [5.41, 5.74) is -0.155. The third kappa shape index (κ3) is 5.41. The van der Waals surface area contributed by atoms with Crippen molar-refractivity contribution in [2.75, 3.05) is 13.1 Å². The van der Waals surface area contributed by atoms with Crippen LogP contribution >= 0.6 is 11.6 Å². The first-order valence-electron chi connectivity index (χ1n) is 10.3. The highest BCUT2D eigenvalue weighted by Crippen LogP contribution is 2.23. The highest BCUT2D eigenvalue weighted by molar-refractivity contribution is 6.30. The topological polar surface area (TPSA) is 88.5 Å². The first kappa shape index (κ1) is 22.7. The normalized spacial score (nSPS) is 15.5. The van der Waals surface area contributed by atoms with Gasteiger partial charge in [0.25, 0.3) is 11.5 Å². The third-order valence-corrected chi connectivity index (χ3v) is 5.55. The van der Waals surface area contributed by atoms with Gasteiger partial charge < -0.3 is 10.2 Å². The number of piperidine rings is 1. The molecule has 1 fully saturated rings. The molecule has 2 aromatic rings. The Morgan fingerprint density at radius 1 is 1.03 bits per heavy atom. The lowest BCUT2D eigenvalue weighted by Crippen LogP contribution is -2.48. The molecule has 0 spiro atoms. The Kier molecular flexibility index (Phi) is 7.28. The average molecular weight is 444 g/mol. The molecule has 1 atom stereocenters. The molecule has 7 nitrogen and oxygen atoms in total. The summed E-state index contributed by atoms with van der Waals surface area (Å²) in [6.45, 7) is 4.48. The van der Waals surface area contributed by atoms with E-state index in [1.54, 1.807) is 35.2 Å². The predicted molar refractivity (Wildman–Crippen MR) is 118 cm³/mol. The maximum absolute atomic E-state index is 13.4. The van der Waals surface area contributed by atoms with Crippen LogP contribution in [0, 0.1) is 5.92 Å². The minimum Gasteiger partial charge on any atom is -0.354 e. The predicted octanol–water partition coefficient (Wildman–Crippen LogP) is 2.69. The summed E-state index contributed by atoms with van der Waals surface area (Å²) in [6.07, 6.45) is 2.32. The first-order chi connectivity index (χ1) is 14.8. The number of hydrogen-bond donors (Lipinski definition) is 1. The number of carbonyl (C=O) groups is 3. The van der Waals surface area contributed by atoms with Crippen molar-refractivity contribution in [1.82, 2.24) is 14.8 Å². The van der Waals surface area contributed by atoms with Crippen LogP contribution in [-0.4, -0.2) is 46.2 Å². The molecule has 0 unspecified atom stereocenters. The second-order valence-corrected chi connectivity index (χ2v) is 8.42. The van der Waals surface area contributed by atoms with E-state index in [0.717, 1.165) is 4.57 Å². The Hall–Kier alpha value is -2.93. The standard InChI is InChI=1S/C23H26ClN3O4/c1-15(2)25-22(30)17-10-12-26(13-11-17)23(31)20(21(29)16-6-4-3-5-7-16)27-14-18(24)8-9-19(27)28/h3-9,14-15,17,20H,10-13H2,1-2H3,(H,25,30)/t20-/m1/s1. The highest BCUT2D eigenvalue weighted by atomic mass is 35.5. The second kappa shape index (κ2) is 9.92. The van der Waals surface area contributed by atoms with Crippen molar-refractivity contribution in [2.45, 2.75) is 38.8 Å². The fourth-order valence-corrected chi connectivity index (χ4v) is 3.90. The average Bonchev–Trinajstić information content (AvgIpc) is 2.76. The molecular weight excluding hydrogens is 418 g/mol. The minimum atomic E-state index is -1.35. The second-order valence-electron chi connectivity index (χ2n) is 7.99. The lowest BCUT2D eigenvalue weighted by molar-refractivity contribution is -0.137. The number of aromatic nitrogens is 1. The summed E-state index contributed by atoms with van der Waals surface area (Å²) in [5.74, 6) is -1.15. The molecule has 1 aliphatic rings. The molecule has 2 amide bonds. The zero-order valence-corrected chi connectivity index (χ0v) is 18.3. The maximum Gasteiger partial charge on any atom is 0.253 e. The van der Waals surface area contributed by atoms with E-state index >= 15 is 0 Å². The van der Waals surface area contributed by atoms with Crippen molar-refractivity contribution in [3.63, 3.8) is 0 Å². The number of nitrogens with zero attached hydrogens (tertiary/aromatic N) is 2. The monoisotopic (exact) mass is 443 g/mol. The SMILES string of the molecule is CC(C)NC(=O)C1CCN(C(=O)[C@@H](C(=O)c2ccccc2)n2cc(Cl)ccc2=O)CC1. The molecule has 1 aromatic heterocycles.